The molecule has 1 fully saturated rings. The molecule has 0 aliphatic carbocycles. The standard InChI is InChI=1S/C15H18INO2/c16-12-4-5-14-11(10-12)3-6-15(18)17(14)8-7-13-2-1-9-19-13/h4-5,10,13H,1-3,6-9H2. The van der Waals surface area contributed by atoms with E-state index in [2.05, 4.69) is 40.8 Å². The van der Waals surface area contributed by atoms with Gasteiger partial charge in [0.15, 0.2) is 0 Å². The van der Waals surface area contributed by atoms with Gasteiger partial charge in [0.1, 0.15) is 0 Å². The number of hydrogen-bond donors (Lipinski definition) is 0. The molecule has 0 bridgehead atoms. The lowest BCUT2D eigenvalue weighted by Gasteiger charge is -2.30. The van der Waals surface area contributed by atoms with Crippen molar-refractivity contribution in [3.05, 3.63) is 27.3 Å². The Labute approximate surface area is 127 Å². The van der Waals surface area contributed by atoms with Crippen LogP contribution in [0.3, 0.4) is 0 Å². The SMILES string of the molecule is O=C1CCc2cc(I)ccc2N1CCC1CCCO1. The number of ether oxygens (including phenoxy) is 1. The van der Waals surface area contributed by atoms with Gasteiger partial charge in [0.25, 0.3) is 0 Å². The monoisotopic (exact) mass is 371 g/mol. The molecule has 2 heterocycles. The van der Waals surface area contributed by atoms with Gasteiger partial charge in [0.05, 0.1) is 6.10 Å². The molecule has 1 aromatic carbocycles. The second-order valence-corrected chi connectivity index (χ2v) is 6.49. The fourth-order valence-corrected chi connectivity index (χ4v) is 3.47. The third kappa shape index (κ3) is 2.94. The second kappa shape index (κ2) is 5.79. The summed E-state index contributed by atoms with van der Waals surface area (Å²) in [6.07, 6.45) is 5.12. The Balaban J connectivity index is 1.74. The number of hydrogen-bond acceptors (Lipinski definition) is 2. The fourth-order valence-electron chi connectivity index (χ4n) is 2.92. The molecule has 0 aromatic heterocycles. The van der Waals surface area contributed by atoms with E-state index in [-0.39, 0.29) is 5.91 Å². The molecule has 19 heavy (non-hydrogen) atoms. The molecular formula is C15H18INO2. The first-order chi connectivity index (χ1) is 9.24. The van der Waals surface area contributed by atoms with Crippen LogP contribution in [0.25, 0.3) is 0 Å². The minimum Gasteiger partial charge on any atom is -0.378 e. The first-order valence-corrected chi connectivity index (χ1v) is 8.02. The van der Waals surface area contributed by atoms with E-state index in [1.165, 1.54) is 9.13 Å². The summed E-state index contributed by atoms with van der Waals surface area (Å²) >= 11 is 2.33. The molecule has 1 aromatic rings. The van der Waals surface area contributed by atoms with Gasteiger partial charge in [0, 0.05) is 28.8 Å². The maximum atomic E-state index is 12.1. The fraction of sp³-hybridized carbons (Fsp3) is 0.533. The zero-order valence-corrected chi connectivity index (χ0v) is 13.1. The van der Waals surface area contributed by atoms with Crippen molar-refractivity contribution < 1.29 is 9.53 Å². The van der Waals surface area contributed by atoms with Gasteiger partial charge in [-0.25, -0.2) is 0 Å². The van der Waals surface area contributed by atoms with Crippen molar-refractivity contribution in [2.75, 3.05) is 18.1 Å². The van der Waals surface area contributed by atoms with Gasteiger partial charge in [-0.2, -0.15) is 0 Å². The lowest BCUT2D eigenvalue weighted by atomic mass is 10.0. The number of amides is 1. The predicted molar refractivity (Wildman–Crippen MR) is 83.4 cm³/mol. The van der Waals surface area contributed by atoms with Crippen molar-refractivity contribution in [2.24, 2.45) is 0 Å². The Morgan fingerprint density at radius 2 is 2.26 bits per heavy atom. The summed E-state index contributed by atoms with van der Waals surface area (Å²) in [6, 6.07) is 6.36. The Bertz CT molecular complexity index is 483. The zero-order chi connectivity index (χ0) is 13.2. The van der Waals surface area contributed by atoms with Crippen LogP contribution in [-0.2, 0) is 16.0 Å². The Hall–Kier alpha value is -0.620. The van der Waals surface area contributed by atoms with Crippen LogP contribution in [0.15, 0.2) is 18.2 Å². The number of aryl methyl sites for hydroxylation is 1. The van der Waals surface area contributed by atoms with Gasteiger partial charge in [-0.15, -0.1) is 0 Å². The van der Waals surface area contributed by atoms with Crippen LogP contribution >= 0.6 is 22.6 Å². The summed E-state index contributed by atoms with van der Waals surface area (Å²) in [4.78, 5) is 14.1. The molecule has 1 saturated heterocycles. The maximum Gasteiger partial charge on any atom is 0.227 e. The number of carbonyl (C=O) groups is 1. The number of carbonyl (C=O) groups excluding carboxylic acids is 1. The molecule has 3 rings (SSSR count). The molecule has 2 aliphatic rings. The van der Waals surface area contributed by atoms with Crippen LogP contribution in [0.4, 0.5) is 5.69 Å². The highest BCUT2D eigenvalue weighted by Crippen LogP contribution is 2.30. The molecule has 0 N–H and O–H groups in total. The number of fused-ring (bicyclic) bond motifs is 1. The van der Waals surface area contributed by atoms with E-state index in [1.807, 2.05) is 4.90 Å². The third-order valence-electron chi connectivity index (χ3n) is 3.94. The van der Waals surface area contributed by atoms with E-state index in [1.54, 1.807) is 0 Å². The van der Waals surface area contributed by atoms with Crippen molar-refractivity contribution >= 4 is 34.2 Å². The first-order valence-electron chi connectivity index (χ1n) is 6.94. The Kier molecular flexibility index (Phi) is 4.07. The number of anilines is 1. The van der Waals surface area contributed by atoms with E-state index < -0.39 is 0 Å². The summed E-state index contributed by atoms with van der Waals surface area (Å²) < 4.78 is 6.89. The van der Waals surface area contributed by atoms with Gasteiger partial charge < -0.3 is 9.64 Å². The lowest BCUT2D eigenvalue weighted by molar-refractivity contribution is -0.119. The Morgan fingerprint density at radius 3 is 3.05 bits per heavy atom. The molecule has 0 spiro atoms. The predicted octanol–water partition coefficient (Wildman–Crippen LogP) is 3.14. The van der Waals surface area contributed by atoms with E-state index in [0.717, 1.165) is 44.5 Å². The van der Waals surface area contributed by atoms with E-state index in [4.69, 9.17) is 4.74 Å². The largest absolute Gasteiger partial charge is 0.378 e. The summed E-state index contributed by atoms with van der Waals surface area (Å²) in [7, 11) is 0. The van der Waals surface area contributed by atoms with Gasteiger partial charge >= 0.3 is 0 Å². The number of nitrogens with zero attached hydrogens (tertiary/aromatic N) is 1. The first kappa shape index (κ1) is 13.4. The molecule has 1 unspecified atom stereocenters. The number of halogens is 1. The molecule has 4 heteroatoms. The van der Waals surface area contributed by atoms with Gasteiger partial charge in [-0.3, -0.25) is 4.79 Å². The van der Waals surface area contributed by atoms with Crippen LogP contribution in [0.1, 0.15) is 31.2 Å². The summed E-state index contributed by atoms with van der Waals surface area (Å²) in [5.41, 5.74) is 2.41. The van der Waals surface area contributed by atoms with Crippen LogP contribution in [0, 0.1) is 3.57 Å². The average Bonchev–Trinajstić information content (AvgIpc) is 2.91. The molecule has 0 saturated carbocycles. The van der Waals surface area contributed by atoms with Crippen molar-refractivity contribution in [3.8, 4) is 0 Å². The van der Waals surface area contributed by atoms with Crippen molar-refractivity contribution in [3.63, 3.8) is 0 Å². The van der Waals surface area contributed by atoms with Gasteiger partial charge in [-0.1, -0.05) is 0 Å². The minimum absolute atomic E-state index is 0.256. The molecule has 1 amide bonds. The smallest absolute Gasteiger partial charge is 0.227 e. The molecule has 102 valence electrons. The van der Waals surface area contributed by atoms with Crippen molar-refractivity contribution in [2.45, 2.75) is 38.2 Å². The number of rotatable bonds is 3. The van der Waals surface area contributed by atoms with Crippen molar-refractivity contribution in [1.82, 2.24) is 0 Å². The highest BCUT2D eigenvalue weighted by molar-refractivity contribution is 14.1. The lowest BCUT2D eigenvalue weighted by Crippen LogP contribution is -2.37. The Morgan fingerprint density at radius 1 is 1.37 bits per heavy atom. The molecule has 0 radical (unpaired) electrons. The molecular weight excluding hydrogens is 353 g/mol. The topological polar surface area (TPSA) is 29.5 Å². The number of benzene rings is 1. The summed E-state index contributed by atoms with van der Waals surface area (Å²) in [6.45, 7) is 1.67. The van der Waals surface area contributed by atoms with Gasteiger partial charge in [-0.05, 0) is 72.0 Å². The van der Waals surface area contributed by atoms with Crippen LogP contribution in [0.5, 0.6) is 0 Å². The summed E-state index contributed by atoms with van der Waals surface area (Å²) in [5.74, 6) is 0.256. The molecule has 1 atom stereocenters. The van der Waals surface area contributed by atoms with Crippen molar-refractivity contribution in [1.29, 1.82) is 0 Å². The van der Waals surface area contributed by atoms with E-state index in [0.29, 0.717) is 12.5 Å². The highest BCUT2D eigenvalue weighted by atomic mass is 127. The average molecular weight is 371 g/mol. The second-order valence-electron chi connectivity index (χ2n) is 5.24. The minimum atomic E-state index is 0.256. The van der Waals surface area contributed by atoms with Gasteiger partial charge in [0.2, 0.25) is 5.91 Å². The van der Waals surface area contributed by atoms with Crippen LogP contribution < -0.4 is 4.90 Å². The van der Waals surface area contributed by atoms with E-state index in [9.17, 15) is 4.79 Å². The molecule has 2 aliphatic heterocycles. The maximum absolute atomic E-state index is 12.1. The normalized spacial score (nSPS) is 22.7. The van der Waals surface area contributed by atoms with E-state index >= 15 is 0 Å². The quantitative estimate of drug-likeness (QED) is 0.765. The van der Waals surface area contributed by atoms with Crippen LogP contribution in [0.2, 0.25) is 0 Å². The zero-order valence-electron chi connectivity index (χ0n) is 10.9. The molecule has 3 nitrogen and oxygen atoms in total. The van der Waals surface area contributed by atoms with Crippen LogP contribution in [-0.4, -0.2) is 25.2 Å². The highest BCUT2D eigenvalue weighted by Gasteiger charge is 2.25. The summed E-state index contributed by atoms with van der Waals surface area (Å²) in [5, 5.41) is 0. The third-order valence-corrected chi connectivity index (χ3v) is 4.61.